The van der Waals surface area contributed by atoms with Gasteiger partial charge in [0.2, 0.25) is 0 Å². The van der Waals surface area contributed by atoms with E-state index in [9.17, 15) is 0 Å². The second kappa shape index (κ2) is 32.2. The Bertz CT molecular complexity index is 1130. The Labute approximate surface area is 405 Å². The molecular weight excluding hydrogens is 951 g/mol. The Hall–Kier alpha value is 1.25. The summed E-state index contributed by atoms with van der Waals surface area (Å²) >= 11 is 0. The van der Waals surface area contributed by atoms with Crippen LogP contribution in [-0.4, -0.2) is 104 Å². The maximum Gasteiger partial charge on any atom is 0.340 e. The third kappa shape index (κ3) is 40.8. The zero-order chi connectivity index (χ0) is 49.4. The number of hydrogen-bond acceptors (Lipinski definition) is 10. The lowest BCUT2D eigenvalue weighted by Crippen LogP contribution is -2.56. The lowest BCUT2D eigenvalue weighted by molar-refractivity contribution is 0.322. The topological polar surface area (TPSA) is 143 Å². The molecule has 0 saturated heterocycles. The highest BCUT2D eigenvalue weighted by molar-refractivity contribution is 6.92. The SMILES string of the molecule is C.C/C=C/[Si](C)(O[Si](C)(C)CCCC)O[Si](C)(C)CCCN.C/C=C/[Si](C)(O[Si](C)(C)CCCC)O[Si](C)(C)CCCN.C[Si](C)(C)O[Si](C)(C)O[Si](C)(CCCN)O[Si](C)(C)C. The van der Waals surface area contributed by atoms with Gasteiger partial charge in [-0.15, -0.1) is 0 Å². The van der Waals surface area contributed by atoms with Crippen molar-refractivity contribution in [3.63, 3.8) is 0 Å². The summed E-state index contributed by atoms with van der Waals surface area (Å²) in [6.07, 6.45) is 12.3. The minimum atomic E-state index is -2.22. The van der Waals surface area contributed by atoms with Crippen molar-refractivity contribution < 1.29 is 28.8 Å². The molecule has 6 N–H and O–H groups in total. The van der Waals surface area contributed by atoms with Crippen molar-refractivity contribution in [1.82, 2.24) is 0 Å². The van der Waals surface area contributed by atoms with E-state index >= 15 is 0 Å². The summed E-state index contributed by atoms with van der Waals surface area (Å²) < 4.78 is 45.9. The minimum absolute atomic E-state index is 0. The molecule has 0 bridgehead atoms. The second-order valence-corrected chi connectivity index (χ2v) is 63.0. The number of allylic oxidation sites excluding steroid dienone is 2. The predicted molar refractivity (Wildman–Crippen MR) is 308 cm³/mol. The molecule has 3 unspecified atom stereocenters. The van der Waals surface area contributed by atoms with Crippen LogP contribution in [-0.2, 0) is 28.8 Å². The van der Waals surface area contributed by atoms with Gasteiger partial charge in [0.05, 0.1) is 0 Å². The van der Waals surface area contributed by atoms with Gasteiger partial charge >= 0.3 is 34.2 Å². The fourth-order valence-electron chi connectivity index (χ4n) is 7.91. The Balaban J connectivity index is -0.000000411. The number of hydrogen-bond donors (Lipinski definition) is 3. The highest BCUT2D eigenvalue weighted by Gasteiger charge is 2.45. The van der Waals surface area contributed by atoms with Crippen LogP contribution >= 0.6 is 0 Å². The first-order valence-corrected chi connectivity index (χ1v) is 53.6. The van der Waals surface area contributed by atoms with E-state index in [1.165, 1.54) is 37.8 Å². The Morgan fingerprint density at radius 1 is 0.365 bits per heavy atom. The second-order valence-electron chi connectivity index (χ2n) is 22.4. The van der Waals surface area contributed by atoms with Gasteiger partial charge in [-0.3, -0.25) is 0 Å². The van der Waals surface area contributed by atoms with Gasteiger partial charge in [-0.25, -0.2) is 0 Å². The fourth-order valence-corrected chi connectivity index (χ4v) is 53.0. The average Bonchev–Trinajstić information content (AvgIpc) is 3.04. The van der Waals surface area contributed by atoms with E-state index in [1.807, 2.05) is 0 Å². The van der Waals surface area contributed by atoms with Gasteiger partial charge in [0.1, 0.15) is 0 Å². The lowest BCUT2D eigenvalue weighted by Gasteiger charge is -2.41. The van der Waals surface area contributed by atoms with E-state index in [0.29, 0.717) is 6.54 Å². The van der Waals surface area contributed by atoms with Crippen LogP contribution in [0.1, 0.15) is 80.1 Å². The summed E-state index contributed by atoms with van der Waals surface area (Å²) in [5, 5.41) is 0. The first-order chi connectivity index (χ1) is 27.9. The molecule has 0 aliphatic heterocycles. The highest BCUT2D eigenvalue weighted by Crippen LogP contribution is 2.30. The molecule has 0 aliphatic carbocycles. The smallest absolute Gasteiger partial charge is 0.340 e. The highest BCUT2D eigenvalue weighted by atomic mass is 28.5. The largest absolute Gasteiger partial charge is 0.437 e. The zero-order valence-corrected chi connectivity index (χ0v) is 55.5. The van der Waals surface area contributed by atoms with E-state index in [0.717, 1.165) is 50.5 Å². The molecular formula is C43H113N3O7Si10. The number of rotatable bonds is 31. The van der Waals surface area contributed by atoms with Crippen molar-refractivity contribution in [2.45, 2.75) is 235 Å². The molecule has 0 heterocycles. The molecule has 3 atom stereocenters. The molecule has 0 spiro atoms. The Kier molecular flexibility index (Phi) is 36.2. The van der Waals surface area contributed by atoms with Crippen molar-refractivity contribution in [1.29, 1.82) is 0 Å². The molecule has 0 rings (SSSR count). The minimum Gasteiger partial charge on any atom is -0.437 e. The summed E-state index contributed by atoms with van der Waals surface area (Å²) in [4.78, 5) is 0. The summed E-state index contributed by atoms with van der Waals surface area (Å²) in [5.41, 5.74) is 21.4. The van der Waals surface area contributed by atoms with E-state index < -0.39 is 84.1 Å². The molecule has 0 aromatic heterocycles. The van der Waals surface area contributed by atoms with Crippen molar-refractivity contribution in [2.75, 3.05) is 19.6 Å². The van der Waals surface area contributed by atoms with Crippen LogP contribution in [0.4, 0.5) is 0 Å². The van der Waals surface area contributed by atoms with Crippen LogP contribution in [0.25, 0.3) is 0 Å². The van der Waals surface area contributed by atoms with Gasteiger partial charge in [-0.1, -0.05) is 59.1 Å². The van der Waals surface area contributed by atoms with E-state index in [-0.39, 0.29) is 7.43 Å². The molecule has 0 saturated carbocycles. The molecule has 0 aromatic rings. The predicted octanol–water partition coefficient (Wildman–Crippen LogP) is 14.0. The van der Waals surface area contributed by atoms with Crippen LogP contribution < -0.4 is 17.2 Å². The maximum absolute atomic E-state index is 6.66. The fraction of sp³-hybridized carbons (Fsp3) is 0.907. The van der Waals surface area contributed by atoms with Crippen LogP contribution in [0, 0.1) is 0 Å². The van der Waals surface area contributed by atoms with Crippen molar-refractivity contribution in [2.24, 2.45) is 17.2 Å². The number of nitrogens with two attached hydrogens (primary N) is 3. The normalized spacial score (nSPS) is 16.3. The number of unbranched alkanes of at least 4 members (excludes halogenated alkanes) is 2. The molecule has 0 radical (unpaired) electrons. The molecule has 20 heteroatoms. The molecule has 0 aliphatic rings. The lowest BCUT2D eigenvalue weighted by atomic mass is 10.4. The van der Waals surface area contributed by atoms with Crippen LogP contribution in [0.5, 0.6) is 0 Å². The molecule has 0 amide bonds. The first kappa shape index (κ1) is 70.8. The standard InChI is InChI=1S/2C15H37NO2Si3.C12H35NO3Si4.CH4/c2*1-8-10-14-19(3,4)17-21(7,13-9-2)18-20(5,6)15-11-12-16;1-17(2,3)14-19(7,8)16-20(9,12-10-11-13)15-18(4,5)6;/h2*9,13H,8,10-12,14-16H2,1-7H3;10-13H2,1-9H3;1H4/b2*13-9+;;. The third-order valence-corrected chi connectivity index (χ3v) is 46.4. The van der Waals surface area contributed by atoms with Gasteiger partial charge in [-0.2, -0.15) is 0 Å². The van der Waals surface area contributed by atoms with Gasteiger partial charge < -0.3 is 46.0 Å². The van der Waals surface area contributed by atoms with Crippen LogP contribution in [0.2, 0.25) is 155 Å². The molecule has 10 nitrogen and oxygen atoms in total. The summed E-state index contributed by atoms with van der Waals surface area (Å²) in [6.45, 7) is 53.5. The third-order valence-electron chi connectivity index (χ3n) is 9.46. The molecule has 0 fully saturated rings. The molecule has 0 aromatic carbocycles. The van der Waals surface area contributed by atoms with Gasteiger partial charge in [-0.05, 0) is 219 Å². The van der Waals surface area contributed by atoms with Gasteiger partial charge in [0.15, 0.2) is 49.9 Å². The Morgan fingerprint density at radius 3 is 0.873 bits per heavy atom. The van der Waals surface area contributed by atoms with Crippen molar-refractivity contribution >= 4 is 84.1 Å². The summed E-state index contributed by atoms with van der Waals surface area (Å²) in [5.74, 6) is 0. The van der Waals surface area contributed by atoms with E-state index in [2.05, 4.69) is 176 Å². The maximum atomic E-state index is 6.66. The monoisotopic (exact) mass is 1060 g/mol. The first-order valence-electron chi connectivity index (χ1n) is 24.2. The van der Waals surface area contributed by atoms with Crippen molar-refractivity contribution in [3.05, 3.63) is 23.6 Å². The van der Waals surface area contributed by atoms with Gasteiger partial charge in [0.25, 0.3) is 0 Å². The van der Waals surface area contributed by atoms with Crippen molar-refractivity contribution in [3.8, 4) is 0 Å². The van der Waals surface area contributed by atoms with Crippen LogP contribution in [0.15, 0.2) is 23.6 Å². The summed E-state index contributed by atoms with van der Waals surface area (Å²) in [6, 6.07) is 5.63. The Morgan fingerprint density at radius 2 is 0.635 bits per heavy atom. The molecule has 63 heavy (non-hydrogen) atoms. The van der Waals surface area contributed by atoms with Crippen LogP contribution in [0.3, 0.4) is 0 Å². The van der Waals surface area contributed by atoms with Gasteiger partial charge in [0, 0.05) is 0 Å². The zero-order valence-electron chi connectivity index (χ0n) is 45.5. The van der Waals surface area contributed by atoms with E-state index in [4.69, 9.17) is 46.0 Å². The van der Waals surface area contributed by atoms with E-state index in [1.54, 1.807) is 0 Å². The summed E-state index contributed by atoms with van der Waals surface area (Å²) in [7, 11) is -18.7. The average molecular weight is 1070 g/mol. The quantitative estimate of drug-likeness (QED) is 0.0574. The molecule has 382 valence electrons.